The minimum atomic E-state index is -0.400. The first-order chi connectivity index (χ1) is 8.11. The molecule has 1 heterocycles. The molecule has 2 N–H and O–H groups in total. The quantitative estimate of drug-likeness (QED) is 0.805. The van der Waals surface area contributed by atoms with Gasteiger partial charge in [-0.15, -0.1) is 0 Å². The second-order valence-corrected chi connectivity index (χ2v) is 3.70. The van der Waals surface area contributed by atoms with E-state index in [1.807, 2.05) is 0 Å². The summed E-state index contributed by atoms with van der Waals surface area (Å²) in [6.07, 6.45) is 2.89. The highest BCUT2D eigenvalue weighted by Gasteiger charge is 2.15. The van der Waals surface area contributed by atoms with Gasteiger partial charge in [0, 0.05) is 17.3 Å². The number of ketones is 1. The van der Waals surface area contributed by atoms with Gasteiger partial charge in [-0.1, -0.05) is 12.1 Å². The van der Waals surface area contributed by atoms with Gasteiger partial charge in [-0.25, -0.2) is 4.39 Å². The predicted octanol–water partition coefficient (Wildman–Crippen LogP) is 2.34. The number of carbonyl (C=O) groups excluding carboxylic acids is 1. The van der Waals surface area contributed by atoms with E-state index in [-0.39, 0.29) is 5.78 Å². The number of nitrogen functional groups attached to an aromatic ring is 1. The highest BCUT2D eigenvalue weighted by molar-refractivity contribution is 6.12. The monoisotopic (exact) mass is 230 g/mol. The molecule has 0 fully saturated rings. The smallest absolute Gasteiger partial charge is 0.195 e. The summed E-state index contributed by atoms with van der Waals surface area (Å²) in [5.74, 6) is -0.689. The molecule has 0 amide bonds. The van der Waals surface area contributed by atoms with Crippen molar-refractivity contribution in [2.75, 3.05) is 5.73 Å². The fourth-order valence-electron chi connectivity index (χ4n) is 1.61. The van der Waals surface area contributed by atoms with Crippen molar-refractivity contribution in [1.29, 1.82) is 0 Å². The summed E-state index contributed by atoms with van der Waals surface area (Å²) >= 11 is 0. The van der Waals surface area contributed by atoms with Gasteiger partial charge in [0.2, 0.25) is 0 Å². The maximum absolute atomic E-state index is 13.4. The molecule has 2 aromatic rings. The Morgan fingerprint density at radius 1 is 1.29 bits per heavy atom. The van der Waals surface area contributed by atoms with Crippen LogP contribution in [0, 0.1) is 12.7 Å². The molecule has 0 bridgehead atoms. The van der Waals surface area contributed by atoms with Crippen LogP contribution in [-0.2, 0) is 0 Å². The van der Waals surface area contributed by atoms with Crippen LogP contribution in [0.1, 0.15) is 21.5 Å². The molecule has 0 unspecified atom stereocenters. The van der Waals surface area contributed by atoms with Crippen molar-refractivity contribution >= 4 is 11.5 Å². The summed E-state index contributed by atoms with van der Waals surface area (Å²) in [6.45, 7) is 1.57. The van der Waals surface area contributed by atoms with Crippen molar-refractivity contribution in [3.05, 3.63) is 59.2 Å². The van der Waals surface area contributed by atoms with E-state index >= 15 is 0 Å². The molecule has 2 rings (SSSR count). The Labute approximate surface area is 98.1 Å². The first kappa shape index (κ1) is 11.3. The second-order valence-electron chi connectivity index (χ2n) is 3.70. The Morgan fingerprint density at radius 3 is 2.76 bits per heavy atom. The first-order valence-corrected chi connectivity index (χ1v) is 5.10. The van der Waals surface area contributed by atoms with E-state index in [9.17, 15) is 9.18 Å². The third-order valence-electron chi connectivity index (χ3n) is 2.61. The Kier molecular flexibility index (Phi) is 2.87. The minimum Gasteiger partial charge on any atom is -0.397 e. The topological polar surface area (TPSA) is 56.0 Å². The summed E-state index contributed by atoms with van der Waals surface area (Å²) in [5, 5.41) is 0. The number of nitrogens with zero attached hydrogens (tertiary/aromatic N) is 1. The van der Waals surface area contributed by atoms with E-state index in [0.717, 1.165) is 0 Å². The molecule has 1 aromatic carbocycles. The Hall–Kier alpha value is -2.23. The third-order valence-corrected chi connectivity index (χ3v) is 2.61. The van der Waals surface area contributed by atoms with E-state index < -0.39 is 5.82 Å². The zero-order valence-electron chi connectivity index (χ0n) is 9.27. The van der Waals surface area contributed by atoms with E-state index in [1.165, 1.54) is 30.6 Å². The number of carbonyl (C=O) groups is 1. The van der Waals surface area contributed by atoms with Crippen molar-refractivity contribution in [3.63, 3.8) is 0 Å². The molecule has 0 saturated heterocycles. The molecule has 0 spiro atoms. The van der Waals surface area contributed by atoms with Gasteiger partial charge in [-0.3, -0.25) is 9.78 Å². The number of hydrogen-bond acceptors (Lipinski definition) is 3. The number of halogens is 1. The van der Waals surface area contributed by atoms with Crippen molar-refractivity contribution < 1.29 is 9.18 Å². The fourth-order valence-corrected chi connectivity index (χ4v) is 1.61. The maximum Gasteiger partial charge on any atom is 0.195 e. The molecule has 0 radical (unpaired) electrons. The van der Waals surface area contributed by atoms with Crippen LogP contribution in [0.5, 0.6) is 0 Å². The van der Waals surface area contributed by atoms with Crippen LogP contribution in [0.15, 0.2) is 36.7 Å². The molecule has 3 nitrogen and oxygen atoms in total. The fraction of sp³-hybridized carbons (Fsp3) is 0.0769. The van der Waals surface area contributed by atoms with Crippen LogP contribution in [-0.4, -0.2) is 10.8 Å². The highest BCUT2D eigenvalue weighted by atomic mass is 19.1. The lowest BCUT2D eigenvalue weighted by molar-refractivity contribution is 0.103. The molecule has 0 aliphatic heterocycles. The third kappa shape index (κ3) is 2.01. The summed E-state index contributed by atoms with van der Waals surface area (Å²) in [4.78, 5) is 16.0. The lowest BCUT2D eigenvalue weighted by Gasteiger charge is -2.07. The number of hydrogen-bond donors (Lipinski definition) is 1. The Morgan fingerprint density at radius 2 is 2.06 bits per heavy atom. The zero-order chi connectivity index (χ0) is 12.4. The van der Waals surface area contributed by atoms with Crippen LogP contribution < -0.4 is 5.73 Å². The molecule has 0 atom stereocenters. The lowest BCUT2D eigenvalue weighted by atomic mass is 9.99. The summed E-state index contributed by atoms with van der Waals surface area (Å²) in [6, 6.07) is 5.94. The average molecular weight is 230 g/mol. The van der Waals surface area contributed by atoms with Crippen molar-refractivity contribution in [1.82, 2.24) is 4.98 Å². The Balaban J connectivity index is 2.52. The van der Waals surface area contributed by atoms with Crippen LogP contribution >= 0.6 is 0 Å². The van der Waals surface area contributed by atoms with E-state index in [2.05, 4.69) is 4.98 Å². The minimum absolute atomic E-state index is 0.290. The molecule has 4 heteroatoms. The molecule has 86 valence electrons. The summed E-state index contributed by atoms with van der Waals surface area (Å²) in [7, 11) is 0. The van der Waals surface area contributed by atoms with E-state index in [0.29, 0.717) is 22.4 Å². The predicted molar refractivity (Wildman–Crippen MR) is 63.2 cm³/mol. The molecule has 0 aliphatic rings. The number of nitrogens with two attached hydrogens (primary N) is 1. The normalized spacial score (nSPS) is 10.2. The van der Waals surface area contributed by atoms with Gasteiger partial charge < -0.3 is 5.73 Å². The Bertz CT molecular complexity index is 581. The highest BCUT2D eigenvalue weighted by Crippen LogP contribution is 2.19. The van der Waals surface area contributed by atoms with Crippen molar-refractivity contribution in [3.8, 4) is 0 Å². The van der Waals surface area contributed by atoms with E-state index in [4.69, 9.17) is 5.73 Å². The standard InChI is InChI=1S/C13H11FN2O/c1-8-9(3-2-4-11(8)14)13(17)10-5-6-16-7-12(10)15/h2-7H,15H2,1H3. The van der Waals surface area contributed by atoms with Gasteiger partial charge in [-0.2, -0.15) is 0 Å². The molecule has 0 saturated carbocycles. The molecular formula is C13H11FN2O. The molecular weight excluding hydrogens is 219 g/mol. The number of aromatic nitrogens is 1. The van der Waals surface area contributed by atoms with Gasteiger partial charge in [0.05, 0.1) is 11.9 Å². The van der Waals surface area contributed by atoms with Crippen LogP contribution in [0.4, 0.5) is 10.1 Å². The largest absolute Gasteiger partial charge is 0.397 e. The number of benzene rings is 1. The molecule has 0 aliphatic carbocycles. The average Bonchev–Trinajstić information content (AvgIpc) is 2.32. The first-order valence-electron chi connectivity index (χ1n) is 5.10. The van der Waals surface area contributed by atoms with Gasteiger partial charge in [-0.05, 0) is 24.6 Å². The number of anilines is 1. The SMILES string of the molecule is Cc1c(F)cccc1C(=O)c1ccncc1N. The van der Waals surface area contributed by atoms with Gasteiger partial charge >= 0.3 is 0 Å². The second kappa shape index (κ2) is 4.33. The van der Waals surface area contributed by atoms with E-state index in [1.54, 1.807) is 13.0 Å². The molecule has 17 heavy (non-hydrogen) atoms. The van der Waals surface area contributed by atoms with Gasteiger partial charge in [0.25, 0.3) is 0 Å². The van der Waals surface area contributed by atoms with Crippen molar-refractivity contribution in [2.24, 2.45) is 0 Å². The zero-order valence-corrected chi connectivity index (χ0v) is 9.27. The summed E-state index contributed by atoms with van der Waals surface area (Å²) in [5.41, 5.74) is 6.95. The number of rotatable bonds is 2. The lowest BCUT2D eigenvalue weighted by Crippen LogP contribution is -2.08. The molecule has 1 aromatic heterocycles. The van der Waals surface area contributed by atoms with Crippen LogP contribution in [0.3, 0.4) is 0 Å². The summed E-state index contributed by atoms with van der Waals surface area (Å²) < 4.78 is 13.4. The number of pyridine rings is 1. The van der Waals surface area contributed by atoms with Crippen LogP contribution in [0.2, 0.25) is 0 Å². The maximum atomic E-state index is 13.4. The van der Waals surface area contributed by atoms with Gasteiger partial charge in [0.15, 0.2) is 5.78 Å². The van der Waals surface area contributed by atoms with Crippen molar-refractivity contribution in [2.45, 2.75) is 6.92 Å². The van der Waals surface area contributed by atoms with Crippen LogP contribution in [0.25, 0.3) is 0 Å². The van der Waals surface area contributed by atoms with Gasteiger partial charge in [0.1, 0.15) is 5.82 Å².